The van der Waals surface area contributed by atoms with Crippen LogP contribution in [0.2, 0.25) is 5.02 Å². The van der Waals surface area contributed by atoms with Crippen LogP contribution in [0, 0.1) is 5.82 Å². The Balaban J connectivity index is 1.68. The van der Waals surface area contributed by atoms with Crippen molar-refractivity contribution in [2.75, 3.05) is 18.9 Å². The van der Waals surface area contributed by atoms with Crippen LogP contribution < -0.4 is 10.9 Å². The summed E-state index contributed by atoms with van der Waals surface area (Å²) in [4.78, 5) is 28.4. The molecule has 2 amide bonds. The third-order valence-electron chi connectivity index (χ3n) is 4.13. The van der Waals surface area contributed by atoms with E-state index in [2.05, 4.69) is 10.3 Å². The quantitative estimate of drug-likeness (QED) is 0.725. The van der Waals surface area contributed by atoms with Crippen molar-refractivity contribution in [3.63, 3.8) is 0 Å². The molecular formula is C19H17ClFN3O2. The fourth-order valence-corrected chi connectivity index (χ4v) is 2.84. The molecule has 0 saturated carbocycles. The summed E-state index contributed by atoms with van der Waals surface area (Å²) >= 11 is 5.72. The van der Waals surface area contributed by atoms with E-state index >= 15 is 0 Å². The molecule has 0 saturated heterocycles. The zero-order chi connectivity index (χ0) is 18.7. The smallest absolute Gasteiger partial charge is 0.321 e. The van der Waals surface area contributed by atoms with E-state index in [1.165, 1.54) is 23.1 Å². The van der Waals surface area contributed by atoms with Crippen LogP contribution in [0.4, 0.5) is 14.9 Å². The lowest BCUT2D eigenvalue weighted by molar-refractivity contribution is 0.223. The zero-order valence-electron chi connectivity index (χ0n) is 14.1. The molecule has 26 heavy (non-hydrogen) atoms. The third-order valence-corrected chi connectivity index (χ3v) is 4.42. The van der Waals surface area contributed by atoms with Gasteiger partial charge in [0.15, 0.2) is 0 Å². The van der Waals surface area contributed by atoms with Crippen molar-refractivity contribution >= 4 is 34.1 Å². The van der Waals surface area contributed by atoms with Gasteiger partial charge in [-0.25, -0.2) is 9.18 Å². The lowest BCUT2D eigenvalue weighted by Crippen LogP contribution is -2.33. The van der Waals surface area contributed by atoms with Crippen LogP contribution >= 0.6 is 11.6 Å². The molecule has 0 aliphatic rings. The van der Waals surface area contributed by atoms with E-state index in [0.717, 1.165) is 10.9 Å². The Kier molecular flexibility index (Phi) is 5.23. The Morgan fingerprint density at radius 3 is 2.69 bits per heavy atom. The number of aromatic amines is 1. The third kappa shape index (κ3) is 3.86. The van der Waals surface area contributed by atoms with E-state index in [-0.39, 0.29) is 16.6 Å². The first-order valence-corrected chi connectivity index (χ1v) is 8.40. The van der Waals surface area contributed by atoms with E-state index in [1.807, 2.05) is 18.2 Å². The van der Waals surface area contributed by atoms with E-state index in [0.29, 0.717) is 24.0 Å². The summed E-state index contributed by atoms with van der Waals surface area (Å²) in [6.45, 7) is 0.441. The second-order valence-electron chi connectivity index (χ2n) is 5.92. The number of hydrogen-bond acceptors (Lipinski definition) is 2. The number of benzene rings is 2. The lowest BCUT2D eigenvalue weighted by Gasteiger charge is -2.18. The molecule has 0 radical (unpaired) electrons. The number of amides is 2. The zero-order valence-corrected chi connectivity index (χ0v) is 14.8. The highest BCUT2D eigenvalue weighted by atomic mass is 35.5. The standard InChI is InChI=1S/C19H17ClFN3O2/c1-24(19(26)23-13-6-7-17(21)16(20)10-13)9-8-12-11-22-18(25)15-5-3-2-4-14(12)15/h2-7,10-11H,8-9H2,1H3,(H,22,25)(H,23,26). The molecule has 7 heteroatoms. The number of urea groups is 1. The molecule has 0 aliphatic heterocycles. The molecule has 3 aromatic rings. The number of fused-ring (bicyclic) bond motifs is 1. The Hall–Kier alpha value is -2.86. The molecule has 0 aliphatic carbocycles. The molecule has 0 spiro atoms. The summed E-state index contributed by atoms with van der Waals surface area (Å²) in [5.41, 5.74) is 1.23. The van der Waals surface area contributed by atoms with Crippen molar-refractivity contribution in [1.29, 1.82) is 0 Å². The van der Waals surface area contributed by atoms with Gasteiger partial charge in [0.25, 0.3) is 5.56 Å². The molecule has 0 atom stereocenters. The number of pyridine rings is 1. The predicted molar refractivity (Wildman–Crippen MR) is 101 cm³/mol. The largest absolute Gasteiger partial charge is 0.328 e. The summed E-state index contributed by atoms with van der Waals surface area (Å²) in [6, 6.07) is 11.0. The van der Waals surface area contributed by atoms with Gasteiger partial charge < -0.3 is 15.2 Å². The van der Waals surface area contributed by atoms with Gasteiger partial charge in [0.1, 0.15) is 5.82 Å². The number of anilines is 1. The van der Waals surface area contributed by atoms with Crippen LogP contribution in [0.1, 0.15) is 5.56 Å². The van der Waals surface area contributed by atoms with Crippen molar-refractivity contribution < 1.29 is 9.18 Å². The van der Waals surface area contributed by atoms with Crippen molar-refractivity contribution in [2.24, 2.45) is 0 Å². The number of likely N-dealkylation sites (N-methyl/N-ethyl adjacent to an activating group) is 1. The average Bonchev–Trinajstić information content (AvgIpc) is 2.64. The molecular weight excluding hydrogens is 357 g/mol. The molecule has 2 aromatic carbocycles. The van der Waals surface area contributed by atoms with Crippen LogP contribution in [0.5, 0.6) is 0 Å². The highest BCUT2D eigenvalue weighted by Crippen LogP contribution is 2.20. The van der Waals surface area contributed by atoms with Gasteiger partial charge in [-0.05, 0) is 41.6 Å². The van der Waals surface area contributed by atoms with Crippen molar-refractivity contribution in [1.82, 2.24) is 9.88 Å². The van der Waals surface area contributed by atoms with Gasteiger partial charge in [-0.1, -0.05) is 29.8 Å². The molecule has 0 unspecified atom stereocenters. The minimum atomic E-state index is -0.539. The molecule has 5 nitrogen and oxygen atoms in total. The van der Waals surface area contributed by atoms with Crippen molar-refractivity contribution in [3.8, 4) is 0 Å². The van der Waals surface area contributed by atoms with Crippen LogP contribution in [0.25, 0.3) is 10.8 Å². The maximum Gasteiger partial charge on any atom is 0.321 e. The van der Waals surface area contributed by atoms with E-state index in [1.54, 1.807) is 19.3 Å². The van der Waals surface area contributed by atoms with Crippen LogP contribution in [-0.4, -0.2) is 29.5 Å². The maximum absolute atomic E-state index is 13.2. The number of rotatable bonds is 4. The minimum absolute atomic E-state index is 0.0508. The molecule has 1 heterocycles. The summed E-state index contributed by atoms with van der Waals surface area (Å²) in [5.74, 6) is -0.539. The molecule has 134 valence electrons. The monoisotopic (exact) mass is 373 g/mol. The van der Waals surface area contributed by atoms with Gasteiger partial charge in [0.2, 0.25) is 0 Å². The van der Waals surface area contributed by atoms with Gasteiger partial charge in [-0.3, -0.25) is 4.79 Å². The first kappa shape index (κ1) is 17.9. The van der Waals surface area contributed by atoms with E-state index in [4.69, 9.17) is 11.6 Å². The van der Waals surface area contributed by atoms with E-state index in [9.17, 15) is 14.0 Å². The van der Waals surface area contributed by atoms with E-state index < -0.39 is 5.82 Å². The topological polar surface area (TPSA) is 65.2 Å². The van der Waals surface area contributed by atoms with Crippen LogP contribution in [0.3, 0.4) is 0 Å². The van der Waals surface area contributed by atoms with Gasteiger partial charge >= 0.3 is 6.03 Å². The van der Waals surface area contributed by atoms with Crippen molar-refractivity contribution in [2.45, 2.75) is 6.42 Å². The summed E-state index contributed by atoms with van der Waals surface area (Å²) in [5, 5.41) is 4.11. The molecule has 3 rings (SSSR count). The Labute approximate surface area is 154 Å². The SMILES string of the molecule is CN(CCc1c[nH]c(=O)c2ccccc12)C(=O)Nc1ccc(F)c(Cl)c1. The number of aromatic nitrogens is 1. The maximum atomic E-state index is 13.2. The van der Waals surface area contributed by atoms with Crippen LogP contribution in [-0.2, 0) is 6.42 Å². The number of carbonyl (C=O) groups excluding carboxylic acids is 1. The number of halogens is 2. The molecule has 0 fully saturated rings. The first-order valence-electron chi connectivity index (χ1n) is 8.02. The summed E-state index contributed by atoms with van der Waals surface area (Å²) in [7, 11) is 1.66. The Bertz CT molecular complexity index is 1020. The van der Waals surface area contributed by atoms with Gasteiger partial charge in [0.05, 0.1) is 5.02 Å². The fourth-order valence-electron chi connectivity index (χ4n) is 2.66. The number of nitrogens with one attached hydrogen (secondary N) is 2. The predicted octanol–water partition coefficient (Wildman–Crippen LogP) is 4.03. The Morgan fingerprint density at radius 2 is 1.96 bits per heavy atom. The fraction of sp³-hybridized carbons (Fsp3) is 0.158. The highest BCUT2D eigenvalue weighted by molar-refractivity contribution is 6.31. The molecule has 2 N–H and O–H groups in total. The molecule has 1 aromatic heterocycles. The highest BCUT2D eigenvalue weighted by Gasteiger charge is 2.11. The molecule has 0 bridgehead atoms. The Morgan fingerprint density at radius 1 is 1.23 bits per heavy atom. The second-order valence-corrected chi connectivity index (χ2v) is 6.33. The van der Waals surface area contributed by atoms with Crippen LogP contribution in [0.15, 0.2) is 53.5 Å². The number of H-pyrrole nitrogens is 1. The first-order chi connectivity index (χ1) is 12.5. The number of nitrogens with zero attached hydrogens (tertiary/aromatic N) is 1. The minimum Gasteiger partial charge on any atom is -0.328 e. The van der Waals surface area contributed by atoms with Gasteiger partial charge in [-0.15, -0.1) is 0 Å². The lowest BCUT2D eigenvalue weighted by atomic mass is 10.1. The second kappa shape index (κ2) is 7.58. The van der Waals surface area contributed by atoms with Crippen molar-refractivity contribution in [3.05, 3.63) is 75.4 Å². The van der Waals surface area contributed by atoms with Gasteiger partial charge in [0, 0.05) is 30.9 Å². The summed E-state index contributed by atoms with van der Waals surface area (Å²) in [6.07, 6.45) is 2.25. The average molecular weight is 374 g/mol. The summed E-state index contributed by atoms with van der Waals surface area (Å²) < 4.78 is 13.2. The number of carbonyl (C=O) groups is 1. The normalized spacial score (nSPS) is 10.7. The van der Waals surface area contributed by atoms with Gasteiger partial charge in [-0.2, -0.15) is 0 Å². The number of hydrogen-bond donors (Lipinski definition) is 2.